The molecule has 2 heterocycles. The number of likely N-dealkylation sites (N-methyl/N-ethyl adjacent to an activating group) is 1. The van der Waals surface area contributed by atoms with Crippen molar-refractivity contribution in [2.75, 3.05) is 7.05 Å². The predicted molar refractivity (Wildman–Crippen MR) is 81.4 cm³/mol. The van der Waals surface area contributed by atoms with E-state index >= 15 is 0 Å². The van der Waals surface area contributed by atoms with Crippen molar-refractivity contribution in [2.45, 2.75) is 33.5 Å². The minimum Gasteiger partial charge on any atom is -0.338 e. The van der Waals surface area contributed by atoms with E-state index in [1.165, 1.54) is 4.68 Å². The van der Waals surface area contributed by atoms with Gasteiger partial charge in [-0.05, 0) is 13.8 Å². The molecule has 0 saturated heterocycles. The first kappa shape index (κ1) is 15.9. The minimum atomic E-state index is -0.0868. The number of hydrogen-bond donors (Lipinski definition) is 0. The van der Waals surface area contributed by atoms with Crippen LogP contribution in [-0.4, -0.2) is 37.4 Å². The average Bonchev–Trinajstić information content (AvgIpc) is 2.93. The Morgan fingerprint density at radius 1 is 1.24 bits per heavy atom. The van der Waals surface area contributed by atoms with E-state index in [4.69, 9.17) is 23.2 Å². The first-order valence-corrected chi connectivity index (χ1v) is 7.31. The third-order valence-electron chi connectivity index (χ3n) is 3.11. The van der Waals surface area contributed by atoms with Crippen molar-refractivity contribution in [1.82, 2.24) is 24.5 Å². The van der Waals surface area contributed by atoms with Crippen molar-refractivity contribution in [3.8, 4) is 0 Å². The number of hydrogen-bond acceptors (Lipinski definition) is 3. The minimum absolute atomic E-state index is 0.0868. The number of carbonyl (C=O) groups is 1. The molecule has 0 N–H and O–H groups in total. The number of aryl methyl sites for hydroxylation is 2. The van der Waals surface area contributed by atoms with Gasteiger partial charge in [-0.1, -0.05) is 23.2 Å². The van der Waals surface area contributed by atoms with Gasteiger partial charge in [-0.15, -0.1) is 0 Å². The van der Waals surface area contributed by atoms with Gasteiger partial charge in [0.25, 0.3) is 0 Å². The van der Waals surface area contributed by atoms with Gasteiger partial charge in [0.15, 0.2) is 0 Å². The molecule has 0 unspecified atom stereocenters. The topological polar surface area (TPSA) is 56.0 Å². The van der Waals surface area contributed by atoms with Crippen LogP contribution in [0.15, 0.2) is 12.4 Å². The van der Waals surface area contributed by atoms with E-state index in [1.54, 1.807) is 35.9 Å². The van der Waals surface area contributed by atoms with Crippen LogP contribution in [0.3, 0.4) is 0 Å². The van der Waals surface area contributed by atoms with Crippen LogP contribution in [0.4, 0.5) is 0 Å². The number of rotatable bonds is 5. The third-order valence-corrected chi connectivity index (χ3v) is 3.79. The summed E-state index contributed by atoms with van der Waals surface area (Å²) in [5, 5.41) is 9.60. The molecule has 0 aliphatic rings. The highest BCUT2D eigenvalue weighted by atomic mass is 35.5. The van der Waals surface area contributed by atoms with Crippen LogP contribution in [-0.2, 0) is 24.4 Å². The van der Waals surface area contributed by atoms with Crippen LogP contribution < -0.4 is 0 Å². The van der Waals surface area contributed by atoms with Crippen molar-refractivity contribution >= 4 is 29.1 Å². The van der Waals surface area contributed by atoms with E-state index in [2.05, 4.69) is 10.2 Å². The number of carbonyl (C=O) groups excluding carboxylic acids is 1. The van der Waals surface area contributed by atoms with Crippen molar-refractivity contribution in [3.63, 3.8) is 0 Å². The lowest BCUT2D eigenvalue weighted by Gasteiger charge is -2.16. The Morgan fingerprint density at radius 3 is 2.43 bits per heavy atom. The molecular formula is C13H17Cl2N5O. The van der Waals surface area contributed by atoms with Gasteiger partial charge >= 0.3 is 0 Å². The highest BCUT2D eigenvalue weighted by molar-refractivity contribution is 6.31. The van der Waals surface area contributed by atoms with E-state index in [0.29, 0.717) is 28.0 Å². The molecule has 0 atom stereocenters. The molecular weight excluding hydrogens is 313 g/mol. The van der Waals surface area contributed by atoms with Gasteiger partial charge in [-0.2, -0.15) is 10.2 Å². The molecule has 2 rings (SSSR count). The second-order valence-corrected chi connectivity index (χ2v) is 5.60. The number of halogens is 2. The maximum Gasteiger partial charge on any atom is 0.244 e. The van der Waals surface area contributed by atoms with Crippen LogP contribution in [0.2, 0.25) is 10.0 Å². The van der Waals surface area contributed by atoms with Crippen LogP contribution in [0.5, 0.6) is 0 Å². The maximum absolute atomic E-state index is 12.2. The second-order valence-electron chi connectivity index (χ2n) is 4.79. The average molecular weight is 330 g/mol. The first-order chi connectivity index (χ1) is 9.90. The summed E-state index contributed by atoms with van der Waals surface area (Å²) >= 11 is 12.0. The maximum atomic E-state index is 12.2. The van der Waals surface area contributed by atoms with Gasteiger partial charge in [-0.25, -0.2) is 0 Å². The van der Waals surface area contributed by atoms with Crippen LogP contribution in [0.1, 0.15) is 18.3 Å². The summed E-state index contributed by atoms with van der Waals surface area (Å²) in [6.07, 6.45) is 3.40. The molecule has 6 nitrogen and oxygen atoms in total. The fourth-order valence-electron chi connectivity index (χ4n) is 1.85. The molecule has 0 bridgehead atoms. The zero-order chi connectivity index (χ0) is 15.6. The van der Waals surface area contributed by atoms with Crippen LogP contribution >= 0.6 is 23.2 Å². The molecule has 8 heteroatoms. The third kappa shape index (κ3) is 3.77. The van der Waals surface area contributed by atoms with Crippen molar-refractivity contribution in [3.05, 3.63) is 33.8 Å². The van der Waals surface area contributed by atoms with Gasteiger partial charge in [0.2, 0.25) is 5.91 Å². The Hall–Kier alpha value is -1.53. The second kappa shape index (κ2) is 6.49. The standard InChI is InChI=1S/C13H17Cl2N5O/c1-4-19-6-11(15)12(17-19)7-18(3)13(21)8-20-5-10(14)9(2)16-20/h5-6H,4,7-8H2,1-3H3. The van der Waals surface area contributed by atoms with Gasteiger partial charge in [0.05, 0.1) is 22.3 Å². The number of amides is 1. The summed E-state index contributed by atoms with van der Waals surface area (Å²) in [6.45, 7) is 5.01. The van der Waals surface area contributed by atoms with E-state index in [1.807, 2.05) is 6.92 Å². The molecule has 0 radical (unpaired) electrons. The van der Waals surface area contributed by atoms with E-state index in [-0.39, 0.29) is 12.5 Å². The quantitative estimate of drug-likeness (QED) is 0.846. The summed E-state index contributed by atoms with van der Waals surface area (Å²) in [4.78, 5) is 13.7. The fourth-order valence-corrected chi connectivity index (χ4v) is 2.21. The predicted octanol–water partition coefficient (Wildman–Crippen LogP) is 2.37. The van der Waals surface area contributed by atoms with E-state index < -0.39 is 0 Å². The largest absolute Gasteiger partial charge is 0.338 e. The molecule has 0 spiro atoms. The summed E-state index contributed by atoms with van der Waals surface area (Å²) in [6, 6.07) is 0. The highest BCUT2D eigenvalue weighted by Gasteiger charge is 2.15. The summed E-state index contributed by atoms with van der Waals surface area (Å²) in [5.41, 5.74) is 1.39. The monoisotopic (exact) mass is 329 g/mol. The number of nitrogens with zero attached hydrogens (tertiary/aromatic N) is 5. The molecule has 0 fully saturated rings. The molecule has 0 aliphatic carbocycles. The molecule has 2 aromatic rings. The molecule has 21 heavy (non-hydrogen) atoms. The molecule has 1 amide bonds. The Morgan fingerprint density at radius 2 is 1.90 bits per heavy atom. The summed E-state index contributed by atoms with van der Waals surface area (Å²) in [7, 11) is 1.71. The lowest BCUT2D eigenvalue weighted by atomic mass is 10.4. The molecule has 0 aromatic carbocycles. The normalized spacial score (nSPS) is 10.9. The van der Waals surface area contributed by atoms with Gasteiger partial charge in [0.1, 0.15) is 12.2 Å². The van der Waals surface area contributed by atoms with Crippen molar-refractivity contribution in [2.24, 2.45) is 0 Å². The van der Waals surface area contributed by atoms with Gasteiger partial charge < -0.3 is 4.90 Å². The van der Waals surface area contributed by atoms with E-state index in [9.17, 15) is 4.79 Å². The lowest BCUT2D eigenvalue weighted by molar-refractivity contribution is -0.131. The lowest BCUT2D eigenvalue weighted by Crippen LogP contribution is -2.30. The molecule has 2 aromatic heterocycles. The van der Waals surface area contributed by atoms with E-state index in [0.717, 1.165) is 6.54 Å². The smallest absolute Gasteiger partial charge is 0.244 e. The van der Waals surface area contributed by atoms with Gasteiger partial charge in [-0.3, -0.25) is 14.2 Å². The molecule has 0 saturated carbocycles. The fraction of sp³-hybridized carbons (Fsp3) is 0.462. The summed E-state index contributed by atoms with van der Waals surface area (Å²) < 4.78 is 3.27. The zero-order valence-electron chi connectivity index (χ0n) is 12.2. The van der Waals surface area contributed by atoms with Crippen molar-refractivity contribution in [1.29, 1.82) is 0 Å². The summed E-state index contributed by atoms with van der Waals surface area (Å²) in [5.74, 6) is -0.0868. The van der Waals surface area contributed by atoms with Crippen LogP contribution in [0, 0.1) is 6.92 Å². The van der Waals surface area contributed by atoms with Crippen LogP contribution in [0.25, 0.3) is 0 Å². The Kier molecular flexibility index (Phi) is 4.90. The Bertz CT molecular complexity index is 630. The first-order valence-electron chi connectivity index (χ1n) is 6.56. The van der Waals surface area contributed by atoms with Gasteiger partial charge in [0, 0.05) is 26.0 Å². The Labute approximate surface area is 133 Å². The Balaban J connectivity index is 2.00. The number of aromatic nitrogens is 4. The van der Waals surface area contributed by atoms with Crippen molar-refractivity contribution < 1.29 is 4.79 Å². The molecule has 114 valence electrons. The molecule has 0 aliphatic heterocycles. The highest BCUT2D eigenvalue weighted by Crippen LogP contribution is 2.16. The SMILES string of the molecule is CCn1cc(Cl)c(CN(C)C(=O)Cn2cc(Cl)c(C)n2)n1. The zero-order valence-corrected chi connectivity index (χ0v) is 13.7.